The van der Waals surface area contributed by atoms with Crippen molar-refractivity contribution in [2.24, 2.45) is 0 Å². The van der Waals surface area contributed by atoms with Gasteiger partial charge in [0.25, 0.3) is 0 Å². The average Bonchev–Trinajstić information content (AvgIpc) is 3.68. The third-order valence-electron chi connectivity index (χ3n) is 10.1. The van der Waals surface area contributed by atoms with E-state index in [1.54, 1.807) is 20.8 Å². The normalized spacial score (nSPS) is 21.7. The first-order chi connectivity index (χ1) is 34.2. The Bertz CT molecular complexity index is 2780. The van der Waals surface area contributed by atoms with Crippen molar-refractivity contribution in [3.8, 4) is 154 Å². The van der Waals surface area contributed by atoms with Gasteiger partial charge < -0.3 is 43.4 Å². The molecule has 0 radical (unpaired) electrons. The zero-order chi connectivity index (χ0) is 49.9. The molecular weight excluding hydrogens is 881 g/mol. The fraction of sp³-hybridized carbons (Fsp3) is 0.450. The summed E-state index contributed by atoms with van der Waals surface area (Å²) in [7, 11) is 0. The third-order valence-corrected chi connectivity index (χ3v) is 10.1. The van der Waals surface area contributed by atoms with E-state index in [9.17, 15) is 15.0 Å². The lowest BCUT2D eigenvalue weighted by atomic mass is 9.97. The maximum Gasteiger partial charge on any atom is 0.385 e. The van der Waals surface area contributed by atoms with Crippen LogP contribution in [0.5, 0.6) is 0 Å². The second kappa shape index (κ2) is 33.2. The van der Waals surface area contributed by atoms with Crippen LogP contribution in [-0.4, -0.2) is 84.2 Å². The number of esters is 1. The molecule has 3 aliphatic rings. The van der Waals surface area contributed by atoms with E-state index in [4.69, 9.17) is 33.2 Å². The molecule has 2 N–H and O–H groups in total. The van der Waals surface area contributed by atoms with E-state index in [1.807, 2.05) is 30.3 Å². The topological polar surface area (TPSA) is 122 Å². The molecule has 0 amide bonds. The Morgan fingerprint density at radius 2 is 1.20 bits per heavy atom. The van der Waals surface area contributed by atoms with Gasteiger partial charge in [0.1, 0.15) is 30.5 Å². The molecule has 70 heavy (non-hydrogen) atoms. The number of hydrogen-bond donors (Lipinski definition) is 2. The molecule has 1 aromatic carbocycles. The van der Waals surface area contributed by atoms with Gasteiger partial charge in [-0.1, -0.05) is 81.7 Å². The minimum absolute atomic E-state index is 0.0708. The van der Waals surface area contributed by atoms with Gasteiger partial charge in [-0.3, -0.25) is 0 Å². The van der Waals surface area contributed by atoms with Crippen LogP contribution in [0.4, 0.5) is 0 Å². The number of ether oxygens (including phenoxy) is 7. The summed E-state index contributed by atoms with van der Waals surface area (Å²) in [5.41, 5.74) is 0.763. The van der Waals surface area contributed by atoms with Gasteiger partial charge >= 0.3 is 5.97 Å². The number of rotatable bonds is 16. The lowest BCUT2D eigenvalue weighted by Crippen LogP contribution is -2.62. The van der Waals surface area contributed by atoms with Crippen LogP contribution in [0.1, 0.15) is 110 Å². The lowest BCUT2D eigenvalue weighted by molar-refractivity contribution is -0.363. The Hall–Kier alpha value is -7.35. The molecule has 10 heteroatoms. The molecule has 0 saturated carbocycles. The van der Waals surface area contributed by atoms with Gasteiger partial charge in [0.15, 0.2) is 24.5 Å². The van der Waals surface area contributed by atoms with E-state index in [0.29, 0.717) is 6.42 Å². The summed E-state index contributed by atoms with van der Waals surface area (Å²) in [6.07, 6.45) is 2.24. The Morgan fingerprint density at radius 1 is 0.671 bits per heavy atom. The van der Waals surface area contributed by atoms with Crippen LogP contribution in [-0.2, 0) is 38.0 Å². The number of aliphatic hydroxyl groups excluding tert-OH is 2. The standard InChI is InChI=1S/C60H54O10/c1-5-7-9-11-13-15-17-19-20-21-22-23-24-25-26-27-28-29-31-33-35-37-42-46-53(61)66-51(56-50(69-60(3,4)70-56)45-41-36-34-32-30-18-16-14-12-10-8-6-2)47-65-59-55(63)54(62)57-52(67-59)48-64-58(68-57)49-43-39-38-40-44-49/h38-40,43-44,50-52,54-59,62-63H,6,8,10,12,14,30,32,34,36,41,45,47-48H2,1-4H3/t50-,51+,52?,54?,55?,56-,57?,58?,59?/m1/s1. The van der Waals surface area contributed by atoms with Crippen LogP contribution in [0.2, 0.25) is 0 Å². The maximum absolute atomic E-state index is 13.2. The van der Waals surface area contributed by atoms with Crippen LogP contribution < -0.4 is 0 Å². The van der Waals surface area contributed by atoms with Crippen molar-refractivity contribution in [1.29, 1.82) is 0 Å². The maximum atomic E-state index is 13.2. The Kier molecular flexibility index (Phi) is 26.2. The van der Waals surface area contributed by atoms with Crippen molar-refractivity contribution < 1.29 is 48.2 Å². The van der Waals surface area contributed by atoms with Crippen molar-refractivity contribution in [1.82, 2.24) is 0 Å². The number of carbonyl (C=O) groups excluding carboxylic acids is 1. The van der Waals surface area contributed by atoms with Crippen molar-refractivity contribution in [3.63, 3.8) is 0 Å². The van der Waals surface area contributed by atoms with Gasteiger partial charge in [-0.15, -0.1) is 11.8 Å². The third kappa shape index (κ3) is 21.7. The van der Waals surface area contributed by atoms with Gasteiger partial charge in [0.2, 0.25) is 0 Å². The average molecular weight is 935 g/mol. The Morgan fingerprint density at radius 3 is 1.76 bits per heavy atom. The predicted octanol–water partition coefficient (Wildman–Crippen LogP) is 5.37. The summed E-state index contributed by atoms with van der Waals surface area (Å²) in [4.78, 5) is 13.2. The molecule has 4 rings (SSSR count). The molecule has 6 unspecified atom stereocenters. The van der Waals surface area contributed by atoms with Gasteiger partial charge in [-0.05, 0) is 135 Å². The minimum atomic E-state index is -1.50. The molecular formula is C60H54O10. The second-order valence-electron chi connectivity index (χ2n) is 15.9. The van der Waals surface area contributed by atoms with Crippen LogP contribution in [0.3, 0.4) is 0 Å². The van der Waals surface area contributed by atoms with E-state index < -0.39 is 67.1 Å². The van der Waals surface area contributed by atoms with Crippen LogP contribution in [0, 0.1) is 154 Å². The number of carbonyl (C=O) groups is 1. The number of hydrogen-bond acceptors (Lipinski definition) is 10. The van der Waals surface area contributed by atoms with E-state index in [1.165, 1.54) is 19.3 Å². The molecule has 3 heterocycles. The summed E-state index contributed by atoms with van der Waals surface area (Å²) >= 11 is 0. The quantitative estimate of drug-likeness (QED) is 0.0970. The Balaban J connectivity index is 1.35. The summed E-state index contributed by atoms with van der Waals surface area (Å²) in [5, 5.41) is 22.4. The van der Waals surface area contributed by atoms with E-state index in [-0.39, 0.29) is 13.2 Å². The van der Waals surface area contributed by atoms with E-state index in [2.05, 4.69) is 161 Å². The molecule has 0 aliphatic carbocycles. The highest BCUT2D eigenvalue weighted by Crippen LogP contribution is 2.36. The summed E-state index contributed by atoms with van der Waals surface area (Å²) < 4.78 is 42.6. The van der Waals surface area contributed by atoms with Gasteiger partial charge in [0.05, 0.1) is 19.3 Å². The van der Waals surface area contributed by atoms with Crippen molar-refractivity contribution in [2.75, 3.05) is 13.2 Å². The summed E-state index contributed by atoms with van der Waals surface area (Å²) in [6, 6.07) is 9.27. The summed E-state index contributed by atoms with van der Waals surface area (Å²) in [5.74, 6) is 65.0. The predicted molar refractivity (Wildman–Crippen MR) is 264 cm³/mol. The molecule has 1 aromatic rings. The smallest absolute Gasteiger partial charge is 0.385 e. The van der Waals surface area contributed by atoms with E-state index in [0.717, 1.165) is 50.5 Å². The largest absolute Gasteiger partial charge is 0.447 e. The highest BCUT2D eigenvalue weighted by molar-refractivity contribution is 5.89. The zero-order valence-electron chi connectivity index (χ0n) is 39.9. The minimum Gasteiger partial charge on any atom is -0.447 e. The fourth-order valence-corrected chi connectivity index (χ4v) is 6.95. The molecule has 9 atom stereocenters. The molecule has 3 fully saturated rings. The lowest BCUT2D eigenvalue weighted by Gasteiger charge is -2.46. The van der Waals surface area contributed by atoms with Crippen molar-refractivity contribution >= 4 is 5.97 Å². The second-order valence-corrected chi connectivity index (χ2v) is 15.9. The number of aliphatic hydroxyl groups is 2. The SMILES string of the molecule is CC#CC#CC#CC#CC#CC#CC#CC#CC#CC#CC#CC#CC(=O)O[C@@H](COC1OC2COC(c3ccccc3)OC2C(O)C1O)[C@@H]1OC(C)(C)O[C@@H]1CCCCCCC#CCCCCCC. The number of fused-ring (bicyclic) bond motifs is 1. The summed E-state index contributed by atoms with van der Waals surface area (Å²) in [6.45, 7) is 7.24. The highest BCUT2D eigenvalue weighted by Gasteiger charge is 2.51. The van der Waals surface area contributed by atoms with Gasteiger partial charge in [-0.2, -0.15) is 0 Å². The first-order valence-electron chi connectivity index (χ1n) is 23.1. The first kappa shape index (κ1) is 55.2. The molecule has 3 saturated heterocycles. The Labute approximate surface area is 415 Å². The molecule has 0 aromatic heterocycles. The molecule has 0 spiro atoms. The van der Waals surface area contributed by atoms with Crippen LogP contribution in [0.25, 0.3) is 0 Å². The highest BCUT2D eigenvalue weighted by atomic mass is 16.8. The van der Waals surface area contributed by atoms with Gasteiger partial charge in [-0.25, -0.2) is 4.79 Å². The molecule has 0 bridgehead atoms. The fourth-order valence-electron chi connectivity index (χ4n) is 6.95. The molecule has 10 nitrogen and oxygen atoms in total. The van der Waals surface area contributed by atoms with E-state index >= 15 is 0 Å². The van der Waals surface area contributed by atoms with Crippen molar-refractivity contribution in [3.05, 3.63) is 35.9 Å². The van der Waals surface area contributed by atoms with Gasteiger partial charge in [0, 0.05) is 59.8 Å². The number of benzene rings is 1. The zero-order valence-corrected chi connectivity index (χ0v) is 39.9. The van der Waals surface area contributed by atoms with Crippen LogP contribution in [0.15, 0.2) is 30.3 Å². The monoisotopic (exact) mass is 934 g/mol. The molecule has 354 valence electrons. The van der Waals surface area contributed by atoms with Crippen LogP contribution >= 0.6 is 0 Å². The van der Waals surface area contributed by atoms with Crippen molar-refractivity contribution in [2.45, 2.75) is 159 Å². The molecule has 3 aliphatic heterocycles. The first-order valence-corrected chi connectivity index (χ1v) is 23.1. The number of unbranched alkanes of at least 4 members (excludes halogenated alkanes) is 8.